The van der Waals surface area contributed by atoms with E-state index in [-0.39, 0.29) is 18.1 Å². The first-order valence-electron chi connectivity index (χ1n) is 9.73. The summed E-state index contributed by atoms with van der Waals surface area (Å²) in [5, 5.41) is 5.83. The van der Waals surface area contributed by atoms with Gasteiger partial charge in [0.05, 0.1) is 12.2 Å². The fourth-order valence-electron chi connectivity index (χ4n) is 3.47. The monoisotopic (exact) mass is 386 g/mol. The Bertz CT molecular complexity index is 783. The second-order valence-corrected chi connectivity index (χ2v) is 8.53. The number of ether oxygens (including phenoxy) is 2. The lowest BCUT2D eigenvalue weighted by Gasteiger charge is -2.30. The number of nitrogens with one attached hydrogen (secondary N) is 1. The van der Waals surface area contributed by atoms with Crippen molar-refractivity contribution < 1.29 is 14.3 Å². The van der Waals surface area contributed by atoms with E-state index < -0.39 is 0 Å². The maximum Gasteiger partial charge on any atom is 0.270 e. The number of nitrogens with zero attached hydrogens (tertiary/aromatic N) is 1. The summed E-state index contributed by atoms with van der Waals surface area (Å²) in [6.07, 6.45) is 4.80. The molecule has 2 fully saturated rings. The molecule has 1 amide bonds. The average molecular weight is 387 g/mol. The molecule has 1 saturated heterocycles. The van der Waals surface area contributed by atoms with E-state index in [1.54, 1.807) is 0 Å². The summed E-state index contributed by atoms with van der Waals surface area (Å²) in [7, 11) is 0. The number of benzene rings is 1. The number of thiazole rings is 1. The van der Waals surface area contributed by atoms with Crippen molar-refractivity contribution in [3.05, 3.63) is 35.3 Å². The van der Waals surface area contributed by atoms with Crippen LogP contribution in [0, 0.1) is 5.92 Å². The Morgan fingerprint density at radius 1 is 1.26 bits per heavy atom. The highest BCUT2D eigenvalue weighted by molar-refractivity contribution is 7.13. The normalized spacial score (nSPS) is 22.6. The summed E-state index contributed by atoms with van der Waals surface area (Å²) >= 11 is 1.49. The second-order valence-electron chi connectivity index (χ2n) is 7.67. The third-order valence-electron chi connectivity index (χ3n) is 5.01. The van der Waals surface area contributed by atoms with Crippen LogP contribution in [0.1, 0.15) is 50.0 Å². The molecule has 2 unspecified atom stereocenters. The van der Waals surface area contributed by atoms with Gasteiger partial charge in [-0.25, -0.2) is 4.98 Å². The highest BCUT2D eigenvalue weighted by Crippen LogP contribution is 2.38. The lowest BCUT2D eigenvalue weighted by Crippen LogP contribution is -2.42. The number of hydrogen-bond donors (Lipinski definition) is 1. The molecule has 2 atom stereocenters. The van der Waals surface area contributed by atoms with Crippen LogP contribution >= 0.6 is 11.3 Å². The van der Waals surface area contributed by atoms with Crippen LogP contribution in [-0.2, 0) is 4.74 Å². The summed E-state index contributed by atoms with van der Waals surface area (Å²) in [5.74, 6) is 1.46. The molecule has 1 aliphatic heterocycles. The van der Waals surface area contributed by atoms with Crippen LogP contribution in [0.4, 0.5) is 0 Å². The lowest BCUT2D eigenvalue weighted by molar-refractivity contribution is -0.0102. The van der Waals surface area contributed by atoms with Gasteiger partial charge in [-0.3, -0.25) is 4.79 Å². The molecular formula is C21H26N2O3S. The van der Waals surface area contributed by atoms with Gasteiger partial charge in [-0.1, -0.05) is 0 Å². The molecule has 4 rings (SSSR count). The van der Waals surface area contributed by atoms with E-state index in [1.807, 2.05) is 43.5 Å². The first kappa shape index (κ1) is 18.4. The molecule has 2 aliphatic rings. The van der Waals surface area contributed by atoms with Crippen molar-refractivity contribution in [1.82, 2.24) is 10.3 Å². The van der Waals surface area contributed by atoms with Crippen molar-refractivity contribution in [2.45, 2.75) is 57.8 Å². The molecule has 1 saturated carbocycles. The third-order valence-corrected chi connectivity index (χ3v) is 5.90. The number of rotatable bonds is 6. The van der Waals surface area contributed by atoms with Crippen LogP contribution in [0.5, 0.6) is 5.75 Å². The Morgan fingerprint density at radius 3 is 2.74 bits per heavy atom. The van der Waals surface area contributed by atoms with Gasteiger partial charge in [-0.05, 0) is 69.7 Å². The maximum absolute atomic E-state index is 12.6. The van der Waals surface area contributed by atoms with Crippen LogP contribution in [0.3, 0.4) is 0 Å². The number of aromatic nitrogens is 1. The van der Waals surface area contributed by atoms with Crippen LogP contribution in [0.25, 0.3) is 10.6 Å². The molecule has 144 valence electrons. The Labute approximate surface area is 164 Å². The number of amides is 1. The van der Waals surface area contributed by atoms with Gasteiger partial charge in [-0.2, -0.15) is 0 Å². The SMILES string of the molecule is CC(C)Oc1ccc(-c2nc(C(=O)NC3CCOC(C4CC4)C3)cs2)cc1. The van der Waals surface area contributed by atoms with Crippen LogP contribution in [0.2, 0.25) is 0 Å². The summed E-state index contributed by atoms with van der Waals surface area (Å²) in [4.78, 5) is 17.1. The maximum atomic E-state index is 12.6. The molecule has 2 aromatic rings. The molecule has 0 spiro atoms. The van der Waals surface area contributed by atoms with Crippen LogP contribution < -0.4 is 10.1 Å². The first-order valence-corrected chi connectivity index (χ1v) is 10.6. The van der Waals surface area contributed by atoms with E-state index in [0.717, 1.165) is 35.8 Å². The molecule has 1 aromatic heterocycles. The predicted molar refractivity (Wildman–Crippen MR) is 106 cm³/mol. The summed E-state index contributed by atoms with van der Waals surface area (Å²) in [5.41, 5.74) is 1.49. The fraction of sp³-hybridized carbons (Fsp3) is 0.524. The molecular weight excluding hydrogens is 360 g/mol. The van der Waals surface area contributed by atoms with E-state index >= 15 is 0 Å². The largest absolute Gasteiger partial charge is 0.491 e. The molecule has 1 aromatic carbocycles. The average Bonchev–Trinajstić information content (AvgIpc) is 3.39. The Hall–Kier alpha value is -1.92. The van der Waals surface area contributed by atoms with Gasteiger partial charge in [0.1, 0.15) is 16.5 Å². The fourth-order valence-corrected chi connectivity index (χ4v) is 4.28. The highest BCUT2D eigenvalue weighted by atomic mass is 32.1. The topological polar surface area (TPSA) is 60.5 Å². The summed E-state index contributed by atoms with van der Waals surface area (Å²) in [6, 6.07) is 8.04. The lowest BCUT2D eigenvalue weighted by atomic mass is 10.00. The zero-order valence-electron chi connectivity index (χ0n) is 15.8. The minimum atomic E-state index is -0.0845. The number of carbonyl (C=O) groups is 1. The van der Waals surface area contributed by atoms with E-state index in [9.17, 15) is 4.79 Å². The Morgan fingerprint density at radius 2 is 2.04 bits per heavy atom. The predicted octanol–water partition coefficient (Wildman–Crippen LogP) is 4.28. The third kappa shape index (κ3) is 4.68. The molecule has 1 aliphatic carbocycles. The first-order chi connectivity index (χ1) is 13.1. The molecule has 6 heteroatoms. The van der Waals surface area contributed by atoms with Gasteiger partial charge in [0.2, 0.25) is 0 Å². The minimum absolute atomic E-state index is 0.0845. The quantitative estimate of drug-likeness (QED) is 0.805. The molecule has 2 heterocycles. The van der Waals surface area contributed by atoms with E-state index in [4.69, 9.17) is 9.47 Å². The zero-order valence-corrected chi connectivity index (χ0v) is 16.6. The number of carbonyl (C=O) groups excluding carboxylic acids is 1. The van der Waals surface area contributed by atoms with Gasteiger partial charge >= 0.3 is 0 Å². The van der Waals surface area contributed by atoms with E-state index in [2.05, 4.69) is 10.3 Å². The standard InChI is InChI=1S/C21H26N2O3S/c1-13(2)26-17-7-5-15(6-8-17)21-23-18(12-27-21)20(24)22-16-9-10-25-19(11-16)14-3-4-14/h5-8,12-14,16,19H,3-4,9-11H2,1-2H3,(H,22,24). The molecule has 5 nitrogen and oxygen atoms in total. The molecule has 0 bridgehead atoms. The summed E-state index contributed by atoms with van der Waals surface area (Å²) in [6.45, 7) is 4.75. The van der Waals surface area contributed by atoms with Gasteiger partial charge in [-0.15, -0.1) is 11.3 Å². The zero-order chi connectivity index (χ0) is 18.8. The summed E-state index contributed by atoms with van der Waals surface area (Å²) < 4.78 is 11.5. The minimum Gasteiger partial charge on any atom is -0.491 e. The van der Waals surface area contributed by atoms with Crippen molar-refractivity contribution >= 4 is 17.2 Å². The molecule has 1 N–H and O–H groups in total. The van der Waals surface area contributed by atoms with E-state index in [0.29, 0.717) is 17.7 Å². The number of hydrogen-bond acceptors (Lipinski definition) is 5. The van der Waals surface area contributed by atoms with Crippen molar-refractivity contribution in [3.63, 3.8) is 0 Å². The van der Waals surface area contributed by atoms with Crippen molar-refractivity contribution in [3.8, 4) is 16.3 Å². The van der Waals surface area contributed by atoms with Crippen LogP contribution in [-0.4, -0.2) is 35.7 Å². The molecule has 0 radical (unpaired) electrons. The van der Waals surface area contributed by atoms with E-state index in [1.165, 1.54) is 24.2 Å². The van der Waals surface area contributed by atoms with Gasteiger partial charge < -0.3 is 14.8 Å². The van der Waals surface area contributed by atoms with Crippen molar-refractivity contribution in [2.75, 3.05) is 6.61 Å². The van der Waals surface area contributed by atoms with Gasteiger partial charge in [0, 0.05) is 23.6 Å². The van der Waals surface area contributed by atoms with Crippen molar-refractivity contribution in [2.24, 2.45) is 5.92 Å². The molecule has 27 heavy (non-hydrogen) atoms. The van der Waals surface area contributed by atoms with Crippen molar-refractivity contribution in [1.29, 1.82) is 0 Å². The highest BCUT2D eigenvalue weighted by Gasteiger charge is 2.36. The van der Waals surface area contributed by atoms with Gasteiger partial charge in [0.25, 0.3) is 5.91 Å². The second kappa shape index (κ2) is 7.98. The van der Waals surface area contributed by atoms with Gasteiger partial charge in [0.15, 0.2) is 0 Å². The Balaban J connectivity index is 1.37. The van der Waals surface area contributed by atoms with Crippen LogP contribution in [0.15, 0.2) is 29.6 Å². The Kier molecular flexibility index (Phi) is 5.45. The smallest absolute Gasteiger partial charge is 0.270 e.